The molecule has 0 bridgehead atoms. The summed E-state index contributed by atoms with van der Waals surface area (Å²) in [7, 11) is 0. The predicted molar refractivity (Wildman–Crippen MR) is 65.8 cm³/mol. The zero-order valence-electron chi connectivity index (χ0n) is 11.2. The number of hydrogen-bond donors (Lipinski definition) is 4. The third kappa shape index (κ3) is 4.23. The van der Waals surface area contributed by atoms with Gasteiger partial charge >= 0.3 is 12.0 Å². The van der Waals surface area contributed by atoms with Crippen LogP contribution in [0.5, 0.6) is 0 Å². The first kappa shape index (κ1) is 16.2. The highest BCUT2D eigenvalue weighted by Gasteiger charge is 2.33. The minimum Gasteiger partial charge on any atom is -0.480 e. The second kappa shape index (κ2) is 5.70. The number of carboxylic acid groups (broad SMARTS) is 1. The number of aliphatic carboxylic acids is 1. The molecule has 0 aromatic carbocycles. The minimum absolute atomic E-state index is 0.0353. The average molecular weight is 259 g/mol. The van der Waals surface area contributed by atoms with Crippen LogP contribution < -0.4 is 16.4 Å². The molecule has 0 rings (SSSR count). The summed E-state index contributed by atoms with van der Waals surface area (Å²) in [5.74, 6) is -1.66. The van der Waals surface area contributed by atoms with Gasteiger partial charge in [0.15, 0.2) is 0 Å². The summed E-state index contributed by atoms with van der Waals surface area (Å²) in [6, 6.07) is -0.643. The van der Waals surface area contributed by atoms with Gasteiger partial charge in [0.25, 0.3) is 0 Å². The summed E-state index contributed by atoms with van der Waals surface area (Å²) in [5.41, 5.74) is 2.94. The molecule has 104 valence electrons. The number of carbonyl (C=O) groups excluding carboxylic acids is 2. The van der Waals surface area contributed by atoms with Crippen LogP contribution >= 0.6 is 0 Å². The molecule has 0 aliphatic rings. The van der Waals surface area contributed by atoms with E-state index in [1.807, 2.05) is 0 Å². The van der Waals surface area contributed by atoms with E-state index >= 15 is 0 Å². The van der Waals surface area contributed by atoms with Gasteiger partial charge in [-0.2, -0.15) is 0 Å². The van der Waals surface area contributed by atoms with Crippen molar-refractivity contribution >= 4 is 17.9 Å². The van der Waals surface area contributed by atoms with Gasteiger partial charge in [-0.05, 0) is 27.2 Å². The first-order chi connectivity index (χ1) is 8.05. The van der Waals surface area contributed by atoms with Crippen molar-refractivity contribution in [1.82, 2.24) is 10.6 Å². The highest BCUT2D eigenvalue weighted by molar-refractivity contribution is 5.86. The summed E-state index contributed by atoms with van der Waals surface area (Å²) < 4.78 is 0. The Bertz CT molecular complexity index is 354. The number of primary amides is 1. The Morgan fingerprint density at radius 1 is 1.22 bits per heavy atom. The van der Waals surface area contributed by atoms with Gasteiger partial charge in [-0.3, -0.25) is 4.79 Å². The molecule has 1 unspecified atom stereocenters. The maximum Gasteiger partial charge on any atom is 0.329 e. The van der Waals surface area contributed by atoms with E-state index in [2.05, 4.69) is 10.6 Å². The smallest absolute Gasteiger partial charge is 0.329 e. The lowest BCUT2D eigenvalue weighted by molar-refractivity contribution is -0.143. The Kier molecular flexibility index (Phi) is 5.13. The minimum atomic E-state index is -1.33. The van der Waals surface area contributed by atoms with Gasteiger partial charge in [0, 0.05) is 6.54 Å². The van der Waals surface area contributed by atoms with Crippen LogP contribution in [0, 0.1) is 5.41 Å². The molecule has 0 aliphatic heterocycles. The Labute approximate surface area is 106 Å². The standard InChI is InChI=1S/C11H21N3O4/c1-5-11(4,8(16)17)14-9(18)13-6-10(2,3)7(12)15/h5-6H2,1-4H3,(H2,12,15)(H,16,17)(H2,13,14,18). The predicted octanol–water partition coefficient (Wildman–Crippen LogP) is 0.0504. The molecule has 0 saturated heterocycles. The fraction of sp³-hybridized carbons (Fsp3) is 0.727. The largest absolute Gasteiger partial charge is 0.480 e. The van der Waals surface area contributed by atoms with Crippen LogP contribution in [0.3, 0.4) is 0 Å². The molecule has 0 fully saturated rings. The molecular weight excluding hydrogens is 238 g/mol. The number of carboxylic acids is 1. The number of nitrogens with two attached hydrogens (primary N) is 1. The number of nitrogens with one attached hydrogen (secondary N) is 2. The molecule has 5 N–H and O–H groups in total. The van der Waals surface area contributed by atoms with Gasteiger partial charge in [-0.25, -0.2) is 9.59 Å². The third-order valence-electron chi connectivity index (χ3n) is 2.93. The van der Waals surface area contributed by atoms with Crippen LogP contribution in [0.4, 0.5) is 4.79 Å². The van der Waals surface area contributed by atoms with Crippen LogP contribution in [0.2, 0.25) is 0 Å². The lowest BCUT2D eigenvalue weighted by atomic mass is 9.93. The lowest BCUT2D eigenvalue weighted by Crippen LogP contribution is -2.56. The second-order valence-electron chi connectivity index (χ2n) is 5.05. The van der Waals surface area contributed by atoms with Gasteiger partial charge < -0.3 is 21.5 Å². The van der Waals surface area contributed by atoms with Crippen molar-refractivity contribution in [1.29, 1.82) is 0 Å². The van der Waals surface area contributed by atoms with Gasteiger partial charge in [0.1, 0.15) is 5.54 Å². The second-order valence-corrected chi connectivity index (χ2v) is 5.05. The molecule has 0 aliphatic carbocycles. The molecule has 0 radical (unpaired) electrons. The van der Waals surface area contributed by atoms with Crippen LogP contribution in [0.1, 0.15) is 34.1 Å². The summed E-state index contributed by atoms with van der Waals surface area (Å²) in [5, 5.41) is 13.8. The van der Waals surface area contributed by atoms with Crippen molar-refractivity contribution in [2.24, 2.45) is 11.1 Å². The maximum atomic E-state index is 11.6. The number of rotatable bonds is 6. The van der Waals surface area contributed by atoms with Crippen molar-refractivity contribution in [2.45, 2.75) is 39.7 Å². The number of urea groups is 1. The summed E-state index contributed by atoms with van der Waals surface area (Å²) in [4.78, 5) is 33.6. The average Bonchev–Trinajstić information content (AvgIpc) is 2.25. The zero-order valence-corrected chi connectivity index (χ0v) is 11.2. The van der Waals surface area contributed by atoms with Gasteiger partial charge in [-0.1, -0.05) is 6.92 Å². The summed E-state index contributed by atoms with van der Waals surface area (Å²) in [6.45, 7) is 6.28. The fourth-order valence-corrected chi connectivity index (χ4v) is 0.976. The maximum absolute atomic E-state index is 11.6. The van der Waals surface area contributed by atoms with Crippen LogP contribution in [-0.4, -0.2) is 35.1 Å². The van der Waals surface area contributed by atoms with Crippen molar-refractivity contribution < 1.29 is 19.5 Å². The van der Waals surface area contributed by atoms with E-state index < -0.39 is 28.9 Å². The van der Waals surface area contributed by atoms with Gasteiger partial charge in [0.05, 0.1) is 5.41 Å². The summed E-state index contributed by atoms with van der Waals surface area (Å²) >= 11 is 0. The molecule has 7 nitrogen and oxygen atoms in total. The highest BCUT2D eigenvalue weighted by Crippen LogP contribution is 2.12. The normalized spacial score (nSPS) is 14.4. The van der Waals surface area contributed by atoms with Crippen molar-refractivity contribution in [3.8, 4) is 0 Å². The van der Waals surface area contributed by atoms with Crippen LogP contribution in [-0.2, 0) is 9.59 Å². The molecule has 0 heterocycles. The van der Waals surface area contributed by atoms with Crippen molar-refractivity contribution in [3.63, 3.8) is 0 Å². The van der Waals surface area contributed by atoms with E-state index in [-0.39, 0.29) is 13.0 Å². The summed E-state index contributed by atoms with van der Waals surface area (Å²) in [6.07, 6.45) is 0.245. The molecule has 0 aromatic heterocycles. The van der Waals surface area contributed by atoms with Crippen LogP contribution in [0.25, 0.3) is 0 Å². The first-order valence-electron chi connectivity index (χ1n) is 5.64. The zero-order chi connectivity index (χ0) is 14.6. The first-order valence-corrected chi connectivity index (χ1v) is 5.64. The Morgan fingerprint density at radius 3 is 2.06 bits per heavy atom. The number of hydrogen-bond acceptors (Lipinski definition) is 3. The fourth-order valence-electron chi connectivity index (χ4n) is 0.976. The van der Waals surface area contributed by atoms with E-state index in [4.69, 9.17) is 10.8 Å². The van der Waals surface area contributed by atoms with Gasteiger partial charge in [-0.15, -0.1) is 0 Å². The lowest BCUT2D eigenvalue weighted by Gasteiger charge is -2.26. The Balaban J connectivity index is 4.45. The molecule has 7 heteroatoms. The molecule has 0 saturated carbocycles. The third-order valence-corrected chi connectivity index (χ3v) is 2.93. The molecule has 18 heavy (non-hydrogen) atoms. The van der Waals surface area contributed by atoms with E-state index in [1.165, 1.54) is 6.92 Å². The van der Waals surface area contributed by atoms with E-state index in [1.54, 1.807) is 20.8 Å². The number of amides is 3. The molecule has 0 spiro atoms. The monoisotopic (exact) mass is 259 g/mol. The highest BCUT2D eigenvalue weighted by atomic mass is 16.4. The van der Waals surface area contributed by atoms with Crippen LogP contribution in [0.15, 0.2) is 0 Å². The molecular formula is C11H21N3O4. The van der Waals surface area contributed by atoms with Crippen molar-refractivity contribution in [2.75, 3.05) is 6.54 Å². The Morgan fingerprint density at radius 2 is 1.72 bits per heavy atom. The molecule has 0 aromatic rings. The van der Waals surface area contributed by atoms with Gasteiger partial charge in [0.2, 0.25) is 5.91 Å². The SMILES string of the molecule is CCC(C)(NC(=O)NCC(C)(C)C(N)=O)C(=O)O. The Hall–Kier alpha value is -1.79. The molecule has 1 atom stereocenters. The number of carbonyl (C=O) groups is 3. The quantitative estimate of drug-likeness (QED) is 0.538. The van der Waals surface area contributed by atoms with E-state index in [0.29, 0.717) is 0 Å². The topological polar surface area (TPSA) is 122 Å². The van der Waals surface area contributed by atoms with E-state index in [9.17, 15) is 14.4 Å². The van der Waals surface area contributed by atoms with E-state index in [0.717, 1.165) is 0 Å². The van der Waals surface area contributed by atoms with Crippen molar-refractivity contribution in [3.05, 3.63) is 0 Å². The molecule has 3 amide bonds.